The molecule has 1 aromatic carbocycles. The predicted molar refractivity (Wildman–Crippen MR) is 56.9 cm³/mol. The van der Waals surface area contributed by atoms with Crippen molar-refractivity contribution in [3.8, 4) is 23.8 Å². The number of benzene rings is 1. The van der Waals surface area contributed by atoms with Gasteiger partial charge < -0.3 is 14.8 Å². The molecule has 0 heterocycles. The van der Waals surface area contributed by atoms with Gasteiger partial charge in [-0.3, -0.25) is 0 Å². The molecule has 0 aliphatic carbocycles. The Labute approximate surface area is 84.0 Å². The number of rotatable bonds is 4. The lowest BCUT2D eigenvalue weighted by Gasteiger charge is -2.08. The van der Waals surface area contributed by atoms with Gasteiger partial charge in [0.25, 0.3) is 0 Å². The summed E-state index contributed by atoms with van der Waals surface area (Å²) in [4.78, 5) is 0. The van der Waals surface area contributed by atoms with E-state index in [9.17, 15) is 0 Å². The highest BCUT2D eigenvalue weighted by molar-refractivity contribution is 5.54. The Morgan fingerprint density at radius 2 is 1.79 bits per heavy atom. The second-order valence-corrected chi connectivity index (χ2v) is 2.66. The van der Waals surface area contributed by atoms with Crippen molar-refractivity contribution >= 4 is 5.69 Å². The van der Waals surface area contributed by atoms with E-state index in [0.29, 0.717) is 6.54 Å². The van der Waals surface area contributed by atoms with Gasteiger partial charge in [-0.2, -0.15) is 0 Å². The molecule has 0 aromatic heterocycles. The summed E-state index contributed by atoms with van der Waals surface area (Å²) >= 11 is 0. The molecule has 0 aliphatic rings. The molecule has 3 nitrogen and oxygen atoms in total. The van der Waals surface area contributed by atoms with E-state index in [1.165, 1.54) is 0 Å². The van der Waals surface area contributed by atoms with Crippen molar-refractivity contribution in [2.24, 2.45) is 0 Å². The fourth-order valence-electron chi connectivity index (χ4n) is 1.06. The van der Waals surface area contributed by atoms with Gasteiger partial charge in [0.05, 0.1) is 20.8 Å². The first-order valence-corrected chi connectivity index (χ1v) is 4.20. The molecule has 0 fully saturated rings. The van der Waals surface area contributed by atoms with Gasteiger partial charge in [0.1, 0.15) is 11.5 Å². The molecular formula is C11H13NO2. The van der Waals surface area contributed by atoms with Gasteiger partial charge in [0, 0.05) is 23.9 Å². The Hall–Kier alpha value is -1.82. The summed E-state index contributed by atoms with van der Waals surface area (Å²) in [6.45, 7) is 0.482. The Bertz CT molecular complexity index is 319. The highest BCUT2D eigenvalue weighted by Gasteiger charge is 2.00. The lowest BCUT2D eigenvalue weighted by atomic mass is 10.2. The topological polar surface area (TPSA) is 30.5 Å². The lowest BCUT2D eigenvalue weighted by molar-refractivity contribution is 0.394. The monoisotopic (exact) mass is 191 g/mol. The number of ether oxygens (including phenoxy) is 2. The number of nitrogens with one attached hydrogen (secondary N) is 1. The normalized spacial score (nSPS) is 8.93. The van der Waals surface area contributed by atoms with E-state index in [1.54, 1.807) is 20.3 Å². The van der Waals surface area contributed by atoms with Gasteiger partial charge in [-0.1, -0.05) is 5.92 Å². The molecule has 0 amide bonds. The summed E-state index contributed by atoms with van der Waals surface area (Å²) < 4.78 is 10.2. The van der Waals surface area contributed by atoms with Crippen molar-refractivity contribution < 1.29 is 9.47 Å². The maximum absolute atomic E-state index is 5.14. The molecule has 1 aromatic rings. The third-order valence-electron chi connectivity index (χ3n) is 1.75. The van der Waals surface area contributed by atoms with Crippen molar-refractivity contribution in [2.75, 3.05) is 26.1 Å². The summed E-state index contributed by atoms with van der Waals surface area (Å²) in [7, 11) is 3.22. The summed E-state index contributed by atoms with van der Waals surface area (Å²) in [6.07, 6.45) is 5.14. The van der Waals surface area contributed by atoms with Crippen LogP contribution in [0.3, 0.4) is 0 Å². The smallest absolute Gasteiger partial charge is 0.124 e. The number of methoxy groups -OCH3 is 2. The first-order valence-electron chi connectivity index (χ1n) is 4.20. The van der Waals surface area contributed by atoms with Crippen molar-refractivity contribution in [1.82, 2.24) is 0 Å². The van der Waals surface area contributed by atoms with E-state index in [4.69, 9.17) is 15.9 Å². The number of terminal acetylenes is 1. The quantitative estimate of drug-likeness (QED) is 0.735. The molecule has 0 aliphatic heterocycles. The van der Waals surface area contributed by atoms with E-state index < -0.39 is 0 Å². The van der Waals surface area contributed by atoms with Crippen LogP contribution in [0.2, 0.25) is 0 Å². The fraction of sp³-hybridized carbons (Fsp3) is 0.273. The zero-order valence-electron chi connectivity index (χ0n) is 8.33. The molecule has 3 heteroatoms. The number of hydrogen-bond acceptors (Lipinski definition) is 3. The Morgan fingerprint density at radius 1 is 1.21 bits per heavy atom. The second-order valence-electron chi connectivity index (χ2n) is 2.66. The first-order chi connectivity index (χ1) is 6.80. The van der Waals surface area contributed by atoms with Gasteiger partial charge >= 0.3 is 0 Å². The molecular weight excluding hydrogens is 178 g/mol. The maximum Gasteiger partial charge on any atom is 0.124 e. The predicted octanol–water partition coefficient (Wildman–Crippen LogP) is 1.75. The minimum atomic E-state index is 0.482. The van der Waals surface area contributed by atoms with Crippen LogP contribution in [0.5, 0.6) is 11.5 Å². The second kappa shape index (κ2) is 5.03. The van der Waals surface area contributed by atoms with Crippen LogP contribution in [-0.4, -0.2) is 20.8 Å². The Kier molecular flexibility index (Phi) is 3.69. The van der Waals surface area contributed by atoms with Crippen LogP contribution < -0.4 is 14.8 Å². The molecule has 1 rings (SSSR count). The average Bonchev–Trinajstić information content (AvgIpc) is 2.25. The summed E-state index contributed by atoms with van der Waals surface area (Å²) in [5.41, 5.74) is 0.888. The van der Waals surface area contributed by atoms with Crippen LogP contribution >= 0.6 is 0 Å². The highest BCUT2D eigenvalue weighted by atomic mass is 16.5. The standard InChI is InChI=1S/C11H13NO2/c1-4-5-12-9-6-10(13-2)8-11(7-9)14-3/h1,6-8,12H,5H2,2-3H3. The SMILES string of the molecule is C#CCNc1cc(OC)cc(OC)c1. The third-order valence-corrected chi connectivity index (χ3v) is 1.75. The molecule has 0 saturated heterocycles. The van der Waals surface area contributed by atoms with Crippen molar-refractivity contribution in [3.63, 3.8) is 0 Å². The first kappa shape index (κ1) is 10.3. The van der Waals surface area contributed by atoms with Gasteiger partial charge in [0.2, 0.25) is 0 Å². The van der Waals surface area contributed by atoms with E-state index in [2.05, 4.69) is 11.2 Å². The number of anilines is 1. The minimum Gasteiger partial charge on any atom is -0.497 e. The summed E-state index contributed by atoms with van der Waals surface area (Å²) in [6, 6.07) is 5.53. The van der Waals surface area contributed by atoms with Gasteiger partial charge in [-0.15, -0.1) is 6.42 Å². The summed E-state index contributed by atoms with van der Waals surface area (Å²) in [5, 5.41) is 3.05. The van der Waals surface area contributed by atoms with Gasteiger partial charge in [-0.25, -0.2) is 0 Å². The van der Waals surface area contributed by atoms with Crippen LogP contribution in [-0.2, 0) is 0 Å². The zero-order valence-corrected chi connectivity index (χ0v) is 8.33. The molecule has 0 saturated carbocycles. The van der Waals surface area contributed by atoms with Crippen molar-refractivity contribution in [3.05, 3.63) is 18.2 Å². The molecule has 0 unspecified atom stereocenters. The molecule has 0 spiro atoms. The largest absolute Gasteiger partial charge is 0.497 e. The Balaban J connectivity index is 2.87. The molecule has 0 bridgehead atoms. The number of hydrogen-bond donors (Lipinski definition) is 1. The van der Waals surface area contributed by atoms with Crippen LogP contribution in [0.15, 0.2) is 18.2 Å². The van der Waals surface area contributed by atoms with Crippen LogP contribution in [0.4, 0.5) is 5.69 Å². The fourth-order valence-corrected chi connectivity index (χ4v) is 1.06. The molecule has 0 atom stereocenters. The highest BCUT2D eigenvalue weighted by Crippen LogP contribution is 2.25. The lowest BCUT2D eigenvalue weighted by Crippen LogP contribution is -1.99. The third kappa shape index (κ3) is 2.60. The van der Waals surface area contributed by atoms with Gasteiger partial charge in [-0.05, 0) is 0 Å². The van der Waals surface area contributed by atoms with Gasteiger partial charge in [0.15, 0.2) is 0 Å². The molecule has 74 valence electrons. The van der Waals surface area contributed by atoms with Crippen molar-refractivity contribution in [2.45, 2.75) is 0 Å². The van der Waals surface area contributed by atoms with E-state index in [1.807, 2.05) is 12.1 Å². The molecule has 14 heavy (non-hydrogen) atoms. The van der Waals surface area contributed by atoms with E-state index in [-0.39, 0.29) is 0 Å². The maximum atomic E-state index is 5.14. The Morgan fingerprint density at radius 3 is 2.21 bits per heavy atom. The average molecular weight is 191 g/mol. The van der Waals surface area contributed by atoms with Crippen LogP contribution in [0.25, 0.3) is 0 Å². The zero-order chi connectivity index (χ0) is 10.4. The molecule has 0 radical (unpaired) electrons. The summed E-state index contributed by atoms with van der Waals surface area (Å²) in [5.74, 6) is 3.98. The van der Waals surface area contributed by atoms with Crippen LogP contribution in [0.1, 0.15) is 0 Å². The van der Waals surface area contributed by atoms with Crippen molar-refractivity contribution in [1.29, 1.82) is 0 Å². The minimum absolute atomic E-state index is 0.482. The van der Waals surface area contributed by atoms with Crippen LogP contribution in [0, 0.1) is 12.3 Å². The van der Waals surface area contributed by atoms with E-state index >= 15 is 0 Å². The molecule has 1 N–H and O–H groups in total. The van der Waals surface area contributed by atoms with E-state index in [0.717, 1.165) is 17.2 Å².